The van der Waals surface area contributed by atoms with Gasteiger partial charge in [0.05, 0.1) is 16.8 Å². The standard InChI is InChI=1S/C11H14ClNO2/c1-8(14)6-7-11(15)13-10-5-3-2-4-9(10)12/h2-5,8,14H,6-7H2,1H3,(H,13,15). The molecule has 0 aliphatic heterocycles. The molecule has 2 N–H and O–H groups in total. The van der Waals surface area contributed by atoms with Crippen LogP contribution in [0.4, 0.5) is 5.69 Å². The Hall–Kier alpha value is -1.06. The molecule has 0 aromatic heterocycles. The molecule has 1 amide bonds. The molecule has 0 heterocycles. The Morgan fingerprint density at radius 1 is 1.53 bits per heavy atom. The van der Waals surface area contributed by atoms with E-state index in [4.69, 9.17) is 16.7 Å². The molecule has 1 atom stereocenters. The number of hydrogen-bond donors (Lipinski definition) is 2. The zero-order chi connectivity index (χ0) is 11.3. The van der Waals surface area contributed by atoms with Crippen molar-refractivity contribution < 1.29 is 9.90 Å². The Balaban J connectivity index is 2.48. The second-order valence-corrected chi connectivity index (χ2v) is 3.82. The van der Waals surface area contributed by atoms with Gasteiger partial charge in [0.1, 0.15) is 0 Å². The van der Waals surface area contributed by atoms with Crippen molar-refractivity contribution in [1.82, 2.24) is 0 Å². The fourth-order valence-corrected chi connectivity index (χ4v) is 1.30. The summed E-state index contributed by atoms with van der Waals surface area (Å²) < 4.78 is 0. The lowest BCUT2D eigenvalue weighted by molar-refractivity contribution is -0.116. The fraction of sp³-hybridized carbons (Fsp3) is 0.364. The van der Waals surface area contributed by atoms with Crippen molar-refractivity contribution in [1.29, 1.82) is 0 Å². The predicted octanol–water partition coefficient (Wildman–Crippen LogP) is 2.44. The third-order valence-corrected chi connectivity index (χ3v) is 2.27. The molecule has 0 fully saturated rings. The highest BCUT2D eigenvalue weighted by Crippen LogP contribution is 2.20. The van der Waals surface area contributed by atoms with Crippen LogP contribution in [0.3, 0.4) is 0 Å². The number of benzene rings is 1. The molecular formula is C11H14ClNO2. The molecule has 4 heteroatoms. The number of aliphatic hydroxyl groups excluding tert-OH is 1. The highest BCUT2D eigenvalue weighted by molar-refractivity contribution is 6.33. The highest BCUT2D eigenvalue weighted by atomic mass is 35.5. The number of anilines is 1. The van der Waals surface area contributed by atoms with Crippen LogP contribution in [-0.2, 0) is 4.79 Å². The Labute approximate surface area is 94.1 Å². The zero-order valence-corrected chi connectivity index (χ0v) is 9.29. The van der Waals surface area contributed by atoms with Gasteiger partial charge in [-0.3, -0.25) is 4.79 Å². The normalized spacial score (nSPS) is 12.2. The van der Waals surface area contributed by atoms with Gasteiger partial charge < -0.3 is 10.4 Å². The van der Waals surface area contributed by atoms with Crippen LogP contribution in [0.1, 0.15) is 19.8 Å². The molecule has 0 aliphatic rings. The highest BCUT2D eigenvalue weighted by Gasteiger charge is 2.06. The summed E-state index contributed by atoms with van der Waals surface area (Å²) in [6.07, 6.45) is 0.293. The number of carbonyl (C=O) groups excluding carboxylic acids is 1. The summed E-state index contributed by atoms with van der Waals surface area (Å²) in [4.78, 5) is 11.4. The van der Waals surface area contributed by atoms with Crippen LogP contribution in [0.2, 0.25) is 5.02 Å². The van der Waals surface area contributed by atoms with Crippen molar-refractivity contribution in [2.75, 3.05) is 5.32 Å². The van der Waals surface area contributed by atoms with Gasteiger partial charge in [-0.25, -0.2) is 0 Å². The summed E-state index contributed by atoms with van der Waals surface area (Å²) in [5.41, 5.74) is 0.606. The number of carbonyl (C=O) groups is 1. The number of nitrogens with one attached hydrogen (secondary N) is 1. The van der Waals surface area contributed by atoms with Crippen molar-refractivity contribution in [2.45, 2.75) is 25.9 Å². The summed E-state index contributed by atoms with van der Waals surface area (Å²) in [6.45, 7) is 1.66. The molecule has 15 heavy (non-hydrogen) atoms. The average Bonchev–Trinajstić information content (AvgIpc) is 2.18. The maximum atomic E-state index is 11.4. The maximum absolute atomic E-state index is 11.4. The minimum atomic E-state index is -0.456. The lowest BCUT2D eigenvalue weighted by atomic mass is 10.2. The van der Waals surface area contributed by atoms with E-state index in [2.05, 4.69) is 5.32 Å². The molecule has 0 saturated carbocycles. The molecule has 0 radical (unpaired) electrons. The molecule has 82 valence electrons. The van der Waals surface area contributed by atoms with E-state index in [0.717, 1.165) is 0 Å². The molecule has 1 aromatic rings. The van der Waals surface area contributed by atoms with Gasteiger partial charge in [-0.1, -0.05) is 23.7 Å². The van der Waals surface area contributed by atoms with Gasteiger partial charge in [-0.15, -0.1) is 0 Å². The lowest BCUT2D eigenvalue weighted by Gasteiger charge is -2.07. The Bertz CT molecular complexity index is 339. The molecule has 0 spiro atoms. The monoisotopic (exact) mass is 227 g/mol. The number of aliphatic hydroxyl groups is 1. The second-order valence-electron chi connectivity index (χ2n) is 3.42. The first-order valence-corrected chi connectivity index (χ1v) is 5.20. The van der Waals surface area contributed by atoms with Crippen LogP contribution < -0.4 is 5.32 Å². The van der Waals surface area contributed by atoms with Crippen molar-refractivity contribution >= 4 is 23.2 Å². The number of amides is 1. The molecule has 1 unspecified atom stereocenters. The Kier molecular flexibility index (Phi) is 4.59. The molecule has 1 rings (SSSR count). The van der Waals surface area contributed by atoms with Crippen LogP contribution in [-0.4, -0.2) is 17.1 Å². The van der Waals surface area contributed by atoms with Crippen molar-refractivity contribution in [3.63, 3.8) is 0 Å². The topological polar surface area (TPSA) is 49.3 Å². The quantitative estimate of drug-likeness (QED) is 0.830. The fourth-order valence-electron chi connectivity index (χ4n) is 1.12. The predicted molar refractivity (Wildman–Crippen MR) is 61.0 cm³/mol. The van der Waals surface area contributed by atoms with Crippen molar-refractivity contribution in [3.8, 4) is 0 Å². The first kappa shape index (κ1) is 12.0. The lowest BCUT2D eigenvalue weighted by Crippen LogP contribution is -2.14. The van der Waals surface area contributed by atoms with Crippen LogP contribution in [0.15, 0.2) is 24.3 Å². The second kappa shape index (κ2) is 5.73. The third-order valence-electron chi connectivity index (χ3n) is 1.94. The van der Waals surface area contributed by atoms with E-state index in [1.807, 2.05) is 0 Å². The van der Waals surface area contributed by atoms with Gasteiger partial charge >= 0.3 is 0 Å². The first-order chi connectivity index (χ1) is 7.09. The van der Waals surface area contributed by atoms with Gasteiger partial charge in [-0.05, 0) is 25.5 Å². The molecule has 0 saturated heterocycles. The van der Waals surface area contributed by atoms with E-state index >= 15 is 0 Å². The SMILES string of the molecule is CC(O)CCC(=O)Nc1ccccc1Cl. The molecular weight excluding hydrogens is 214 g/mol. The summed E-state index contributed by atoms with van der Waals surface area (Å²) in [5.74, 6) is -0.135. The number of hydrogen-bond acceptors (Lipinski definition) is 2. The van der Waals surface area contributed by atoms with Crippen LogP contribution in [0.25, 0.3) is 0 Å². The van der Waals surface area contributed by atoms with Crippen LogP contribution in [0.5, 0.6) is 0 Å². The van der Waals surface area contributed by atoms with E-state index in [-0.39, 0.29) is 5.91 Å². The summed E-state index contributed by atoms with van der Waals surface area (Å²) in [6, 6.07) is 7.05. The third kappa shape index (κ3) is 4.32. The van der Waals surface area contributed by atoms with Gasteiger partial charge in [0, 0.05) is 6.42 Å². The average molecular weight is 228 g/mol. The van der Waals surface area contributed by atoms with Gasteiger partial charge in [0.2, 0.25) is 5.91 Å². The van der Waals surface area contributed by atoms with Crippen LogP contribution in [0, 0.1) is 0 Å². The van der Waals surface area contributed by atoms with Gasteiger partial charge in [0.25, 0.3) is 0 Å². The van der Waals surface area contributed by atoms with Gasteiger partial charge in [0.15, 0.2) is 0 Å². The first-order valence-electron chi connectivity index (χ1n) is 4.82. The van der Waals surface area contributed by atoms with E-state index in [1.54, 1.807) is 31.2 Å². The Morgan fingerprint density at radius 3 is 2.80 bits per heavy atom. The van der Waals surface area contributed by atoms with Gasteiger partial charge in [-0.2, -0.15) is 0 Å². The smallest absolute Gasteiger partial charge is 0.224 e. The van der Waals surface area contributed by atoms with Crippen molar-refractivity contribution in [3.05, 3.63) is 29.3 Å². The van der Waals surface area contributed by atoms with E-state index in [1.165, 1.54) is 0 Å². The largest absolute Gasteiger partial charge is 0.393 e. The molecule has 0 bridgehead atoms. The number of para-hydroxylation sites is 1. The molecule has 0 aliphatic carbocycles. The summed E-state index contributed by atoms with van der Waals surface area (Å²) >= 11 is 5.87. The summed E-state index contributed by atoms with van der Waals surface area (Å²) in [7, 11) is 0. The van der Waals surface area contributed by atoms with E-state index in [9.17, 15) is 4.79 Å². The van der Waals surface area contributed by atoms with E-state index in [0.29, 0.717) is 23.6 Å². The zero-order valence-electron chi connectivity index (χ0n) is 8.53. The summed E-state index contributed by atoms with van der Waals surface area (Å²) in [5, 5.41) is 12.2. The van der Waals surface area contributed by atoms with Crippen LogP contribution >= 0.6 is 11.6 Å². The van der Waals surface area contributed by atoms with Crippen molar-refractivity contribution in [2.24, 2.45) is 0 Å². The Morgan fingerprint density at radius 2 is 2.20 bits per heavy atom. The number of rotatable bonds is 4. The minimum Gasteiger partial charge on any atom is -0.393 e. The maximum Gasteiger partial charge on any atom is 0.224 e. The van der Waals surface area contributed by atoms with E-state index < -0.39 is 6.10 Å². The molecule has 1 aromatic carbocycles. The number of halogens is 1. The molecule has 3 nitrogen and oxygen atoms in total. The minimum absolute atomic E-state index is 0.135.